The van der Waals surface area contributed by atoms with Crippen LogP contribution in [-0.2, 0) is 20.7 Å². The average Bonchev–Trinajstić information content (AvgIpc) is 3.27. The lowest BCUT2D eigenvalue weighted by atomic mass is 10.0. The number of rotatable bonds is 13. The Morgan fingerprint density at radius 1 is 0.978 bits per heavy atom. The van der Waals surface area contributed by atoms with Gasteiger partial charge in [-0.2, -0.15) is 0 Å². The van der Waals surface area contributed by atoms with E-state index in [0.29, 0.717) is 62.5 Å². The van der Waals surface area contributed by atoms with Crippen LogP contribution in [0.15, 0.2) is 65.6 Å². The van der Waals surface area contributed by atoms with Crippen LogP contribution in [0, 0.1) is 0 Å². The molecule has 0 spiro atoms. The maximum Gasteiger partial charge on any atom is 0.307 e. The zero-order valence-corrected chi connectivity index (χ0v) is 27.5. The Morgan fingerprint density at radius 2 is 1.76 bits per heavy atom. The summed E-state index contributed by atoms with van der Waals surface area (Å²) in [6.45, 7) is 5.17. The number of carboxylic acids is 1. The lowest BCUT2D eigenvalue weighted by molar-refractivity contribution is -0.136. The number of thiocarbonyl (C=S) groups is 1. The molecular weight excluding hydrogens is 655 g/mol. The molecule has 3 aromatic carbocycles. The Labute approximate surface area is 281 Å². The summed E-state index contributed by atoms with van der Waals surface area (Å²) in [6, 6.07) is 18.2. The molecule has 1 amide bonds. The molecule has 2 aliphatic heterocycles. The highest BCUT2D eigenvalue weighted by molar-refractivity contribution is 8.26. The lowest BCUT2D eigenvalue weighted by Gasteiger charge is -2.26. The fraction of sp³-hybridized carbons (Fsp3) is 0.303. The summed E-state index contributed by atoms with van der Waals surface area (Å²) in [5.41, 5.74) is 3.14. The van der Waals surface area contributed by atoms with Crippen LogP contribution in [0.25, 0.3) is 17.2 Å². The topological polar surface area (TPSA) is 88.5 Å². The first-order valence-electron chi connectivity index (χ1n) is 14.5. The number of benzene rings is 3. The van der Waals surface area contributed by atoms with Crippen LogP contribution in [0.2, 0.25) is 10.0 Å². The lowest BCUT2D eigenvalue weighted by Crippen LogP contribution is -2.38. The maximum absolute atomic E-state index is 13.5. The zero-order chi connectivity index (χ0) is 31.8. The second kappa shape index (κ2) is 15.9. The molecule has 8 nitrogen and oxygen atoms in total. The number of carbonyl (C=O) groups excluding carboxylic acids is 1. The monoisotopic (exact) mass is 686 g/mol. The predicted molar refractivity (Wildman–Crippen MR) is 182 cm³/mol. The summed E-state index contributed by atoms with van der Waals surface area (Å²) >= 11 is 19.4. The maximum atomic E-state index is 13.5. The minimum atomic E-state index is -0.901. The van der Waals surface area contributed by atoms with Gasteiger partial charge in [-0.1, -0.05) is 65.4 Å². The van der Waals surface area contributed by atoms with E-state index in [2.05, 4.69) is 4.90 Å². The minimum absolute atomic E-state index is 0.0730. The number of halogens is 2. The van der Waals surface area contributed by atoms with Crippen LogP contribution in [0.5, 0.6) is 11.5 Å². The van der Waals surface area contributed by atoms with Crippen molar-refractivity contribution in [1.29, 1.82) is 0 Å². The summed E-state index contributed by atoms with van der Waals surface area (Å²) in [7, 11) is 0. The first-order chi connectivity index (χ1) is 21.7. The second-order valence-electron chi connectivity index (χ2n) is 10.5. The van der Waals surface area contributed by atoms with Crippen molar-refractivity contribution in [2.45, 2.75) is 12.8 Å². The Kier molecular flexibility index (Phi) is 11.8. The molecule has 0 aliphatic carbocycles. The Hall–Kier alpha value is -3.12. The smallest absolute Gasteiger partial charge is 0.307 e. The van der Waals surface area contributed by atoms with E-state index in [-0.39, 0.29) is 12.3 Å². The first kappa shape index (κ1) is 33.2. The molecule has 0 unspecified atom stereocenters. The van der Waals surface area contributed by atoms with Gasteiger partial charge >= 0.3 is 5.97 Å². The van der Waals surface area contributed by atoms with Gasteiger partial charge in [0.1, 0.15) is 22.4 Å². The van der Waals surface area contributed by atoms with E-state index in [1.807, 2.05) is 36.4 Å². The van der Waals surface area contributed by atoms with Crippen molar-refractivity contribution in [3.8, 4) is 22.6 Å². The van der Waals surface area contributed by atoms with E-state index in [9.17, 15) is 9.59 Å². The van der Waals surface area contributed by atoms with Gasteiger partial charge in [0.25, 0.3) is 5.91 Å². The predicted octanol–water partition coefficient (Wildman–Crippen LogP) is 6.67. The van der Waals surface area contributed by atoms with Gasteiger partial charge in [0, 0.05) is 41.8 Å². The Morgan fingerprint density at radius 3 is 2.51 bits per heavy atom. The molecule has 5 rings (SSSR count). The van der Waals surface area contributed by atoms with E-state index >= 15 is 0 Å². The number of hydrogen-bond acceptors (Lipinski definition) is 8. The fourth-order valence-electron chi connectivity index (χ4n) is 4.97. The average molecular weight is 688 g/mol. The first-order valence-corrected chi connectivity index (χ1v) is 16.5. The third-order valence-corrected chi connectivity index (χ3v) is 9.00. The van der Waals surface area contributed by atoms with Crippen molar-refractivity contribution in [2.24, 2.45) is 0 Å². The van der Waals surface area contributed by atoms with E-state index in [0.717, 1.165) is 49.5 Å². The van der Waals surface area contributed by atoms with Crippen molar-refractivity contribution in [2.75, 3.05) is 52.6 Å². The third-order valence-electron chi connectivity index (χ3n) is 7.18. The van der Waals surface area contributed by atoms with Gasteiger partial charge in [0.2, 0.25) is 0 Å². The number of carbonyl (C=O) groups is 2. The summed E-state index contributed by atoms with van der Waals surface area (Å²) < 4.78 is 18.0. The number of morpholine rings is 1. The molecule has 1 N–H and O–H groups in total. The molecule has 0 saturated carbocycles. The molecule has 12 heteroatoms. The van der Waals surface area contributed by atoms with Crippen molar-refractivity contribution < 1.29 is 28.9 Å². The number of ether oxygens (including phenoxy) is 3. The van der Waals surface area contributed by atoms with Crippen LogP contribution < -0.4 is 9.47 Å². The molecule has 2 aliphatic rings. The fourth-order valence-corrected chi connectivity index (χ4v) is 6.79. The number of aliphatic carboxylic acids is 1. The largest absolute Gasteiger partial charge is 0.494 e. The van der Waals surface area contributed by atoms with Gasteiger partial charge in [-0.05, 0) is 71.7 Å². The molecule has 0 atom stereocenters. The minimum Gasteiger partial charge on any atom is -0.494 e. The van der Waals surface area contributed by atoms with Crippen LogP contribution >= 0.6 is 47.2 Å². The van der Waals surface area contributed by atoms with Crippen LogP contribution in [0.3, 0.4) is 0 Å². The summed E-state index contributed by atoms with van der Waals surface area (Å²) in [6.07, 6.45) is 2.30. The molecule has 2 heterocycles. The molecule has 2 fully saturated rings. The van der Waals surface area contributed by atoms with Gasteiger partial charge in [-0.15, -0.1) is 0 Å². The second-order valence-corrected chi connectivity index (χ2v) is 13.0. The Bertz CT molecular complexity index is 1570. The van der Waals surface area contributed by atoms with E-state index in [1.54, 1.807) is 35.2 Å². The van der Waals surface area contributed by atoms with Crippen molar-refractivity contribution in [1.82, 2.24) is 9.80 Å². The Balaban J connectivity index is 1.28. The van der Waals surface area contributed by atoms with Crippen LogP contribution in [0.1, 0.15) is 17.5 Å². The van der Waals surface area contributed by atoms with Crippen molar-refractivity contribution in [3.63, 3.8) is 0 Å². The van der Waals surface area contributed by atoms with Crippen LogP contribution in [-0.4, -0.2) is 83.7 Å². The third kappa shape index (κ3) is 9.45. The molecule has 0 aromatic heterocycles. The highest BCUT2D eigenvalue weighted by Crippen LogP contribution is 2.37. The highest BCUT2D eigenvalue weighted by Gasteiger charge is 2.32. The van der Waals surface area contributed by atoms with E-state index in [4.69, 9.17) is 54.7 Å². The van der Waals surface area contributed by atoms with Gasteiger partial charge in [0.15, 0.2) is 0 Å². The number of nitrogens with zero attached hydrogens (tertiary/aromatic N) is 2. The van der Waals surface area contributed by atoms with Crippen molar-refractivity contribution in [3.05, 3.63) is 86.7 Å². The molecule has 0 bridgehead atoms. The molecule has 2 saturated heterocycles. The normalized spacial score (nSPS) is 16.4. The summed E-state index contributed by atoms with van der Waals surface area (Å²) in [4.78, 5) is 28.8. The SMILES string of the molecule is O=C(O)Cc1cccc(OCCCN2C(=O)/C(=C/c3cc(-c4cc(Cl)cc(Cl)c4)ccc3OCCN3CCOCC3)SC2=S)c1. The molecule has 45 heavy (non-hydrogen) atoms. The van der Waals surface area contributed by atoms with E-state index in [1.165, 1.54) is 11.8 Å². The summed E-state index contributed by atoms with van der Waals surface area (Å²) in [5, 5.41) is 10.1. The number of thioether (sulfide) groups is 1. The summed E-state index contributed by atoms with van der Waals surface area (Å²) in [5.74, 6) is 0.163. The van der Waals surface area contributed by atoms with Crippen molar-refractivity contribution >= 4 is 69.5 Å². The van der Waals surface area contributed by atoms with Gasteiger partial charge in [-0.3, -0.25) is 19.4 Å². The van der Waals surface area contributed by atoms with E-state index < -0.39 is 5.97 Å². The quantitative estimate of drug-likeness (QED) is 0.120. The molecule has 236 valence electrons. The highest BCUT2D eigenvalue weighted by atomic mass is 35.5. The number of amides is 1. The van der Waals surface area contributed by atoms with Crippen LogP contribution in [0.4, 0.5) is 0 Å². The molecule has 0 radical (unpaired) electrons. The van der Waals surface area contributed by atoms with Gasteiger partial charge in [0.05, 0.1) is 31.1 Å². The standard InChI is InChI=1S/C33H32Cl2N2O6S2/c34-26-18-24(19-27(35)21-26)23-5-6-29(43-14-10-36-8-12-41-13-9-36)25(17-23)20-30-32(40)37(33(44)45-30)7-2-11-42-28-4-1-3-22(15-28)16-31(38)39/h1,3-6,15,17-21H,2,7-14,16H2,(H,38,39)/b30-20-. The molecular formula is C33H32Cl2N2O6S2. The van der Waals surface area contributed by atoms with Gasteiger partial charge in [-0.25, -0.2) is 0 Å². The zero-order valence-electron chi connectivity index (χ0n) is 24.4. The number of hydrogen-bond donors (Lipinski definition) is 1. The number of carboxylic acid groups (broad SMARTS) is 1. The van der Waals surface area contributed by atoms with Gasteiger partial charge < -0.3 is 19.3 Å². The molecule has 3 aromatic rings.